The minimum atomic E-state index is -3.85. The number of pyridine rings is 1. The summed E-state index contributed by atoms with van der Waals surface area (Å²) in [6.45, 7) is 0. The smallest absolute Gasteiger partial charge is 0.337 e. The highest BCUT2D eigenvalue weighted by Gasteiger charge is 2.17. The third kappa shape index (κ3) is 3.06. The summed E-state index contributed by atoms with van der Waals surface area (Å²) in [7, 11) is -3.85. The Morgan fingerprint density at radius 2 is 2.05 bits per heavy atom. The fourth-order valence-electron chi connectivity index (χ4n) is 1.47. The lowest BCUT2D eigenvalue weighted by Crippen LogP contribution is -2.13. The standard InChI is InChI=1S/C12H9ClN2O4S/c13-11-6-9(3-4-10(11)12(16)17)20(18,19)15-8-2-1-5-14-7-8/h1-7,15H,(H,16,17). The first kappa shape index (κ1) is 14.3. The molecule has 8 heteroatoms. The molecule has 2 rings (SSSR count). The molecule has 1 aromatic heterocycles. The highest BCUT2D eigenvalue weighted by molar-refractivity contribution is 7.92. The van der Waals surface area contributed by atoms with E-state index in [4.69, 9.17) is 16.7 Å². The van der Waals surface area contributed by atoms with Gasteiger partial charge in [0.15, 0.2) is 0 Å². The predicted molar refractivity (Wildman–Crippen MR) is 73.5 cm³/mol. The van der Waals surface area contributed by atoms with Gasteiger partial charge in [0.1, 0.15) is 0 Å². The van der Waals surface area contributed by atoms with Crippen molar-refractivity contribution < 1.29 is 18.3 Å². The van der Waals surface area contributed by atoms with Crippen molar-refractivity contribution in [3.8, 4) is 0 Å². The molecule has 0 aliphatic rings. The highest BCUT2D eigenvalue weighted by atomic mass is 35.5. The fourth-order valence-corrected chi connectivity index (χ4v) is 2.87. The molecule has 0 amide bonds. The van der Waals surface area contributed by atoms with Crippen LogP contribution < -0.4 is 4.72 Å². The summed E-state index contributed by atoms with van der Waals surface area (Å²) in [5.41, 5.74) is 0.137. The number of sulfonamides is 1. The predicted octanol–water partition coefficient (Wildman–Crippen LogP) is 2.23. The van der Waals surface area contributed by atoms with Gasteiger partial charge in [-0.3, -0.25) is 9.71 Å². The molecule has 0 unspecified atom stereocenters. The summed E-state index contributed by atoms with van der Waals surface area (Å²) < 4.78 is 26.5. The molecule has 0 fully saturated rings. The molecule has 2 aromatic rings. The summed E-state index contributed by atoms with van der Waals surface area (Å²) in [6.07, 6.45) is 2.86. The van der Waals surface area contributed by atoms with E-state index in [1.165, 1.54) is 24.5 Å². The van der Waals surface area contributed by atoms with Crippen molar-refractivity contribution in [1.29, 1.82) is 0 Å². The summed E-state index contributed by atoms with van der Waals surface area (Å²) in [5, 5.41) is 8.69. The van der Waals surface area contributed by atoms with Crippen LogP contribution in [0.1, 0.15) is 10.4 Å². The molecular weight excluding hydrogens is 304 g/mol. The number of hydrogen-bond donors (Lipinski definition) is 2. The van der Waals surface area contributed by atoms with E-state index in [1.54, 1.807) is 6.07 Å². The summed E-state index contributed by atoms with van der Waals surface area (Å²) in [6, 6.07) is 6.52. The van der Waals surface area contributed by atoms with Crippen LogP contribution in [0.2, 0.25) is 5.02 Å². The van der Waals surface area contributed by atoms with Gasteiger partial charge < -0.3 is 5.11 Å². The maximum atomic E-state index is 12.1. The van der Waals surface area contributed by atoms with Crippen LogP contribution in [0.25, 0.3) is 0 Å². The quantitative estimate of drug-likeness (QED) is 0.902. The minimum Gasteiger partial charge on any atom is -0.478 e. The van der Waals surface area contributed by atoms with Gasteiger partial charge in [0.2, 0.25) is 0 Å². The van der Waals surface area contributed by atoms with Crippen LogP contribution in [-0.4, -0.2) is 24.5 Å². The van der Waals surface area contributed by atoms with Gasteiger partial charge in [0.05, 0.1) is 27.4 Å². The van der Waals surface area contributed by atoms with E-state index in [9.17, 15) is 13.2 Å². The van der Waals surface area contributed by atoms with Gasteiger partial charge in [-0.2, -0.15) is 0 Å². The van der Waals surface area contributed by atoms with Gasteiger partial charge >= 0.3 is 5.97 Å². The lowest BCUT2D eigenvalue weighted by atomic mass is 10.2. The van der Waals surface area contributed by atoms with E-state index in [2.05, 4.69) is 9.71 Å². The van der Waals surface area contributed by atoms with Crippen LogP contribution in [-0.2, 0) is 10.0 Å². The van der Waals surface area contributed by atoms with Crippen molar-refractivity contribution in [3.63, 3.8) is 0 Å². The number of anilines is 1. The molecule has 6 nitrogen and oxygen atoms in total. The zero-order chi connectivity index (χ0) is 14.8. The van der Waals surface area contributed by atoms with Crippen molar-refractivity contribution in [1.82, 2.24) is 4.98 Å². The molecule has 104 valence electrons. The Balaban J connectivity index is 2.35. The second-order valence-electron chi connectivity index (χ2n) is 3.79. The lowest BCUT2D eigenvalue weighted by molar-refractivity contribution is 0.0697. The van der Waals surface area contributed by atoms with E-state index >= 15 is 0 Å². The number of aromatic nitrogens is 1. The van der Waals surface area contributed by atoms with Crippen LogP contribution in [0, 0.1) is 0 Å². The first-order valence-corrected chi connectivity index (χ1v) is 7.22. The van der Waals surface area contributed by atoms with Gasteiger partial charge in [-0.15, -0.1) is 0 Å². The van der Waals surface area contributed by atoms with E-state index in [-0.39, 0.29) is 15.5 Å². The number of nitrogens with one attached hydrogen (secondary N) is 1. The Hall–Kier alpha value is -2.12. The maximum absolute atomic E-state index is 12.1. The van der Waals surface area contributed by atoms with Crippen molar-refractivity contribution in [3.05, 3.63) is 53.3 Å². The SMILES string of the molecule is O=C(O)c1ccc(S(=O)(=O)Nc2cccnc2)cc1Cl. The van der Waals surface area contributed by atoms with E-state index < -0.39 is 16.0 Å². The summed E-state index contributed by atoms with van der Waals surface area (Å²) in [4.78, 5) is 14.5. The molecule has 0 saturated heterocycles. The van der Waals surface area contributed by atoms with Crippen LogP contribution >= 0.6 is 11.6 Å². The number of halogens is 1. The highest BCUT2D eigenvalue weighted by Crippen LogP contribution is 2.22. The zero-order valence-electron chi connectivity index (χ0n) is 9.95. The molecule has 0 saturated carbocycles. The zero-order valence-corrected chi connectivity index (χ0v) is 11.5. The van der Waals surface area contributed by atoms with Gasteiger partial charge in [-0.05, 0) is 30.3 Å². The number of nitrogens with zero attached hydrogens (tertiary/aromatic N) is 1. The molecule has 0 spiro atoms. The van der Waals surface area contributed by atoms with E-state index in [0.29, 0.717) is 5.69 Å². The maximum Gasteiger partial charge on any atom is 0.337 e. The third-order valence-corrected chi connectivity index (χ3v) is 4.09. The Morgan fingerprint density at radius 1 is 1.30 bits per heavy atom. The first-order valence-electron chi connectivity index (χ1n) is 5.36. The molecular formula is C12H9ClN2O4S. The van der Waals surface area contributed by atoms with E-state index in [0.717, 1.165) is 12.1 Å². The van der Waals surface area contributed by atoms with Gasteiger partial charge in [0.25, 0.3) is 10.0 Å². The van der Waals surface area contributed by atoms with Crippen LogP contribution in [0.5, 0.6) is 0 Å². The van der Waals surface area contributed by atoms with Crippen molar-refractivity contribution in [2.45, 2.75) is 4.90 Å². The number of carbonyl (C=O) groups is 1. The lowest BCUT2D eigenvalue weighted by Gasteiger charge is -2.08. The molecule has 0 aliphatic carbocycles. The third-order valence-electron chi connectivity index (χ3n) is 2.40. The number of aromatic carboxylic acids is 1. The number of rotatable bonds is 4. The van der Waals surface area contributed by atoms with Crippen molar-refractivity contribution >= 4 is 33.3 Å². The Labute approximate surface area is 120 Å². The molecule has 0 atom stereocenters. The Morgan fingerprint density at radius 3 is 2.60 bits per heavy atom. The second-order valence-corrected chi connectivity index (χ2v) is 5.88. The van der Waals surface area contributed by atoms with Gasteiger partial charge in [0, 0.05) is 6.20 Å². The minimum absolute atomic E-state index is 0.128. The molecule has 0 bridgehead atoms. The van der Waals surface area contributed by atoms with Crippen LogP contribution in [0.3, 0.4) is 0 Å². The topological polar surface area (TPSA) is 96.4 Å². The molecule has 20 heavy (non-hydrogen) atoms. The Bertz CT molecular complexity index is 747. The Kier molecular flexibility index (Phi) is 3.91. The van der Waals surface area contributed by atoms with Crippen LogP contribution in [0.4, 0.5) is 5.69 Å². The number of carboxylic acids is 1. The number of benzene rings is 1. The molecule has 2 N–H and O–H groups in total. The molecule has 0 aliphatic heterocycles. The largest absolute Gasteiger partial charge is 0.478 e. The fraction of sp³-hybridized carbons (Fsp3) is 0. The van der Waals surface area contributed by atoms with Crippen molar-refractivity contribution in [2.75, 3.05) is 4.72 Å². The number of carboxylic acid groups (broad SMARTS) is 1. The van der Waals surface area contributed by atoms with E-state index in [1.807, 2.05) is 0 Å². The molecule has 0 radical (unpaired) electrons. The van der Waals surface area contributed by atoms with Gasteiger partial charge in [-0.25, -0.2) is 13.2 Å². The summed E-state index contributed by atoms with van der Waals surface area (Å²) >= 11 is 5.75. The first-order chi connectivity index (χ1) is 9.40. The second kappa shape index (κ2) is 5.48. The molecule has 1 aromatic carbocycles. The molecule has 1 heterocycles. The normalized spacial score (nSPS) is 11.1. The number of hydrogen-bond acceptors (Lipinski definition) is 4. The van der Waals surface area contributed by atoms with Crippen LogP contribution in [0.15, 0.2) is 47.6 Å². The average Bonchev–Trinajstić information content (AvgIpc) is 2.38. The average molecular weight is 313 g/mol. The monoisotopic (exact) mass is 312 g/mol. The van der Waals surface area contributed by atoms with Gasteiger partial charge in [-0.1, -0.05) is 11.6 Å². The summed E-state index contributed by atoms with van der Waals surface area (Å²) in [5.74, 6) is -1.22. The van der Waals surface area contributed by atoms with Crippen molar-refractivity contribution in [2.24, 2.45) is 0 Å².